The summed E-state index contributed by atoms with van der Waals surface area (Å²) in [6.07, 6.45) is 1.42. The van der Waals surface area contributed by atoms with E-state index in [1.54, 1.807) is 24.3 Å². The van der Waals surface area contributed by atoms with E-state index in [4.69, 9.17) is 11.6 Å². The van der Waals surface area contributed by atoms with Crippen LogP contribution in [-0.2, 0) is 0 Å². The largest absolute Gasteiger partial charge is 0.293 e. The number of nitrogens with zero attached hydrogens (tertiary/aromatic N) is 2. The fourth-order valence-electron chi connectivity index (χ4n) is 1.35. The smallest absolute Gasteiger partial charge is 0.184 e. The molecule has 0 fully saturated rings. The van der Waals surface area contributed by atoms with E-state index >= 15 is 0 Å². The first-order valence-electron chi connectivity index (χ1n) is 4.98. The first-order valence-corrected chi connectivity index (χ1v) is 6.24. The van der Waals surface area contributed by atoms with E-state index in [1.807, 2.05) is 6.92 Å². The number of hydrogen-bond acceptors (Lipinski definition) is 4. The molecule has 1 unspecified atom stereocenters. The molecule has 0 aliphatic rings. The summed E-state index contributed by atoms with van der Waals surface area (Å²) < 4.78 is 0. The van der Waals surface area contributed by atoms with Crippen molar-refractivity contribution in [1.29, 1.82) is 0 Å². The number of aromatic nitrogens is 3. The average Bonchev–Trinajstić information content (AvgIpc) is 2.80. The second-order valence-corrected chi connectivity index (χ2v) is 5.19. The molecule has 0 amide bonds. The molecule has 2 rings (SSSR count). The molecule has 17 heavy (non-hydrogen) atoms. The molecule has 1 aromatic heterocycles. The molecule has 0 spiro atoms. The molecular weight excluding hydrogens is 258 g/mol. The van der Waals surface area contributed by atoms with Crippen molar-refractivity contribution in [2.75, 3.05) is 0 Å². The summed E-state index contributed by atoms with van der Waals surface area (Å²) in [6, 6.07) is 6.93. The standard InChI is InChI=1S/C11H10ClN3OS/c1-7(17-11-13-6-14-15-11)10(16)8-3-2-4-9(12)5-8/h2-7H,1H3,(H,13,14,15). The summed E-state index contributed by atoms with van der Waals surface area (Å²) in [4.78, 5) is 16.0. The van der Waals surface area contributed by atoms with Crippen molar-refractivity contribution < 1.29 is 4.79 Å². The Labute approximate surface area is 108 Å². The maximum atomic E-state index is 12.1. The van der Waals surface area contributed by atoms with Gasteiger partial charge in [0.2, 0.25) is 0 Å². The fourth-order valence-corrected chi connectivity index (χ4v) is 2.33. The summed E-state index contributed by atoms with van der Waals surface area (Å²) in [5, 5.41) is 7.40. The molecule has 4 nitrogen and oxygen atoms in total. The van der Waals surface area contributed by atoms with E-state index in [9.17, 15) is 4.79 Å². The highest BCUT2D eigenvalue weighted by atomic mass is 35.5. The van der Waals surface area contributed by atoms with Crippen molar-refractivity contribution in [3.05, 3.63) is 41.2 Å². The van der Waals surface area contributed by atoms with Crippen LogP contribution in [0.5, 0.6) is 0 Å². The highest BCUT2D eigenvalue weighted by Gasteiger charge is 2.17. The Morgan fingerprint density at radius 2 is 2.35 bits per heavy atom. The first kappa shape index (κ1) is 12.1. The number of carbonyl (C=O) groups is 1. The Morgan fingerprint density at radius 1 is 1.53 bits per heavy atom. The number of ketones is 1. The minimum Gasteiger partial charge on any atom is -0.293 e. The van der Waals surface area contributed by atoms with Gasteiger partial charge in [-0.15, -0.1) is 0 Å². The predicted octanol–water partition coefficient (Wildman–Crippen LogP) is 2.82. The molecule has 2 aromatic rings. The minimum absolute atomic E-state index is 0.0221. The molecule has 88 valence electrons. The number of Topliss-reactive ketones (excluding diaryl/α,β-unsaturated/α-hetero) is 1. The lowest BCUT2D eigenvalue weighted by Crippen LogP contribution is -2.13. The van der Waals surface area contributed by atoms with E-state index in [-0.39, 0.29) is 11.0 Å². The predicted molar refractivity (Wildman–Crippen MR) is 67.5 cm³/mol. The molecule has 0 saturated carbocycles. The van der Waals surface area contributed by atoms with Gasteiger partial charge in [0.1, 0.15) is 6.33 Å². The van der Waals surface area contributed by atoms with Gasteiger partial charge in [-0.25, -0.2) is 4.98 Å². The number of benzene rings is 1. The van der Waals surface area contributed by atoms with Crippen LogP contribution < -0.4 is 0 Å². The number of nitrogens with one attached hydrogen (secondary N) is 1. The molecule has 0 radical (unpaired) electrons. The van der Waals surface area contributed by atoms with Gasteiger partial charge in [-0.2, -0.15) is 5.10 Å². The quantitative estimate of drug-likeness (QED) is 0.684. The number of hydrogen-bond donors (Lipinski definition) is 1. The van der Waals surface area contributed by atoms with E-state index in [2.05, 4.69) is 15.2 Å². The van der Waals surface area contributed by atoms with Gasteiger partial charge in [0.05, 0.1) is 5.25 Å². The molecule has 6 heteroatoms. The second kappa shape index (κ2) is 5.33. The Hall–Kier alpha value is -1.33. The van der Waals surface area contributed by atoms with Crippen LogP contribution in [0, 0.1) is 0 Å². The molecule has 0 aliphatic carbocycles. The van der Waals surface area contributed by atoms with Crippen LogP contribution in [0.15, 0.2) is 35.7 Å². The fraction of sp³-hybridized carbons (Fsp3) is 0.182. The van der Waals surface area contributed by atoms with Crippen LogP contribution in [0.25, 0.3) is 0 Å². The lowest BCUT2D eigenvalue weighted by Gasteiger charge is -2.08. The second-order valence-electron chi connectivity index (χ2n) is 3.43. The number of H-pyrrole nitrogens is 1. The minimum atomic E-state index is -0.235. The van der Waals surface area contributed by atoms with Crippen molar-refractivity contribution in [2.24, 2.45) is 0 Å². The third kappa shape index (κ3) is 3.08. The average molecular weight is 268 g/mol. The summed E-state index contributed by atoms with van der Waals surface area (Å²) in [5.74, 6) is 0.0221. The SMILES string of the molecule is CC(Sc1ncn[nH]1)C(=O)c1cccc(Cl)c1. The van der Waals surface area contributed by atoms with Crippen LogP contribution in [0.2, 0.25) is 5.02 Å². The van der Waals surface area contributed by atoms with E-state index in [0.717, 1.165) is 0 Å². The normalized spacial score (nSPS) is 12.4. The van der Waals surface area contributed by atoms with Gasteiger partial charge in [0.25, 0.3) is 0 Å². The topological polar surface area (TPSA) is 58.6 Å². The van der Waals surface area contributed by atoms with Crippen molar-refractivity contribution >= 4 is 29.1 Å². The zero-order chi connectivity index (χ0) is 12.3. The maximum Gasteiger partial charge on any atom is 0.184 e. The van der Waals surface area contributed by atoms with Crippen molar-refractivity contribution in [1.82, 2.24) is 15.2 Å². The van der Waals surface area contributed by atoms with Crippen LogP contribution in [0.3, 0.4) is 0 Å². The van der Waals surface area contributed by atoms with Crippen LogP contribution in [-0.4, -0.2) is 26.2 Å². The molecule has 1 atom stereocenters. The highest BCUT2D eigenvalue weighted by Crippen LogP contribution is 2.22. The van der Waals surface area contributed by atoms with Gasteiger partial charge in [0, 0.05) is 10.6 Å². The van der Waals surface area contributed by atoms with Crippen molar-refractivity contribution in [3.63, 3.8) is 0 Å². The van der Waals surface area contributed by atoms with Gasteiger partial charge in [-0.1, -0.05) is 35.5 Å². The van der Waals surface area contributed by atoms with Gasteiger partial charge < -0.3 is 0 Å². The number of aromatic amines is 1. The van der Waals surface area contributed by atoms with E-state index in [1.165, 1.54) is 18.1 Å². The Kier molecular flexibility index (Phi) is 3.81. The number of thioether (sulfide) groups is 1. The zero-order valence-electron chi connectivity index (χ0n) is 9.05. The van der Waals surface area contributed by atoms with Crippen LogP contribution in [0.1, 0.15) is 17.3 Å². The summed E-state index contributed by atoms with van der Waals surface area (Å²) in [5.41, 5.74) is 0.608. The molecular formula is C11H10ClN3OS. The maximum absolute atomic E-state index is 12.1. The monoisotopic (exact) mass is 267 g/mol. The Morgan fingerprint density at radius 3 is 3.00 bits per heavy atom. The molecule has 1 aromatic carbocycles. The molecule has 0 aliphatic heterocycles. The Balaban J connectivity index is 2.09. The summed E-state index contributed by atoms with van der Waals surface area (Å²) in [6.45, 7) is 1.83. The first-order chi connectivity index (χ1) is 8.16. The van der Waals surface area contributed by atoms with Gasteiger partial charge >= 0.3 is 0 Å². The van der Waals surface area contributed by atoms with Crippen molar-refractivity contribution in [3.8, 4) is 0 Å². The van der Waals surface area contributed by atoms with E-state index < -0.39 is 0 Å². The molecule has 0 saturated heterocycles. The molecule has 1 N–H and O–H groups in total. The summed E-state index contributed by atoms with van der Waals surface area (Å²) >= 11 is 7.19. The highest BCUT2D eigenvalue weighted by molar-refractivity contribution is 8.00. The molecule has 1 heterocycles. The van der Waals surface area contributed by atoms with Gasteiger partial charge in [-0.3, -0.25) is 9.89 Å². The molecule has 0 bridgehead atoms. The summed E-state index contributed by atoms with van der Waals surface area (Å²) in [7, 11) is 0. The Bertz CT molecular complexity index is 515. The zero-order valence-corrected chi connectivity index (χ0v) is 10.6. The lowest BCUT2D eigenvalue weighted by atomic mass is 10.1. The van der Waals surface area contributed by atoms with Crippen LogP contribution >= 0.6 is 23.4 Å². The third-order valence-corrected chi connectivity index (χ3v) is 3.38. The van der Waals surface area contributed by atoms with Gasteiger partial charge in [0.15, 0.2) is 10.9 Å². The number of halogens is 1. The third-order valence-electron chi connectivity index (χ3n) is 2.16. The van der Waals surface area contributed by atoms with Gasteiger partial charge in [-0.05, 0) is 19.1 Å². The van der Waals surface area contributed by atoms with Crippen LogP contribution in [0.4, 0.5) is 0 Å². The number of carbonyl (C=O) groups excluding carboxylic acids is 1. The van der Waals surface area contributed by atoms with Crippen molar-refractivity contribution in [2.45, 2.75) is 17.3 Å². The lowest BCUT2D eigenvalue weighted by molar-refractivity contribution is 0.0994. The number of rotatable bonds is 4. The van der Waals surface area contributed by atoms with E-state index in [0.29, 0.717) is 15.7 Å².